The Balaban J connectivity index is 2.54. The molecule has 1 amide bonds. The minimum Gasteiger partial charge on any atom is -0.464 e. The van der Waals surface area contributed by atoms with Crippen LogP contribution in [0.2, 0.25) is 0 Å². The topological polar surface area (TPSA) is 46.6 Å². The van der Waals surface area contributed by atoms with E-state index >= 15 is 0 Å². The summed E-state index contributed by atoms with van der Waals surface area (Å²) in [6.45, 7) is 3.82. The van der Waals surface area contributed by atoms with Gasteiger partial charge in [-0.05, 0) is 20.1 Å². The summed E-state index contributed by atoms with van der Waals surface area (Å²) in [6, 6.07) is -0.450. The Hall–Kier alpha value is -0.710. The lowest BCUT2D eigenvalue weighted by molar-refractivity contribution is -0.160. The predicted molar refractivity (Wildman–Crippen MR) is 54.9 cm³/mol. The molecule has 2 atom stereocenters. The Morgan fingerprint density at radius 3 is 2.86 bits per heavy atom. The molecule has 0 saturated carbocycles. The molecule has 14 heavy (non-hydrogen) atoms. The van der Waals surface area contributed by atoms with E-state index in [0.29, 0.717) is 13.0 Å². The van der Waals surface area contributed by atoms with E-state index in [2.05, 4.69) is 0 Å². The van der Waals surface area contributed by atoms with Crippen molar-refractivity contribution in [2.24, 2.45) is 0 Å². The van der Waals surface area contributed by atoms with Crippen LogP contribution in [-0.4, -0.2) is 41.1 Å². The summed E-state index contributed by atoms with van der Waals surface area (Å²) >= 11 is 1.58. The third kappa shape index (κ3) is 2.03. The van der Waals surface area contributed by atoms with Crippen molar-refractivity contribution < 1.29 is 14.3 Å². The van der Waals surface area contributed by atoms with Crippen molar-refractivity contribution in [1.29, 1.82) is 0 Å². The van der Waals surface area contributed by atoms with Gasteiger partial charge in [-0.2, -0.15) is 0 Å². The zero-order chi connectivity index (χ0) is 10.7. The number of thioether (sulfide) groups is 1. The van der Waals surface area contributed by atoms with Crippen LogP contribution in [-0.2, 0) is 14.3 Å². The molecule has 0 N–H and O–H groups in total. The summed E-state index contributed by atoms with van der Waals surface area (Å²) in [5.74, 6) is -0.287. The smallest absolute Gasteiger partial charge is 0.328 e. The van der Waals surface area contributed by atoms with Crippen molar-refractivity contribution in [3.8, 4) is 0 Å². The molecule has 0 aromatic heterocycles. The van der Waals surface area contributed by atoms with Gasteiger partial charge in [-0.1, -0.05) is 0 Å². The number of esters is 1. The minimum absolute atomic E-state index is 0.0323. The summed E-state index contributed by atoms with van der Waals surface area (Å²) in [6.07, 6.45) is 2.47. The number of nitrogens with zero attached hydrogens (tertiary/aromatic N) is 1. The molecule has 5 heteroatoms. The molecule has 4 nitrogen and oxygen atoms in total. The zero-order valence-corrected chi connectivity index (χ0v) is 9.47. The van der Waals surface area contributed by atoms with Crippen LogP contribution in [0, 0.1) is 0 Å². The number of carbonyl (C=O) groups excluding carboxylic acids is 2. The Labute approximate surface area is 88.0 Å². The van der Waals surface area contributed by atoms with Gasteiger partial charge in [0.05, 0.1) is 18.4 Å². The van der Waals surface area contributed by atoms with Crippen molar-refractivity contribution in [2.75, 3.05) is 12.9 Å². The number of carbonyl (C=O) groups is 2. The fraction of sp³-hybridized carbons (Fsp3) is 0.778. The lowest BCUT2D eigenvalue weighted by Gasteiger charge is -2.42. The second kappa shape index (κ2) is 4.68. The van der Waals surface area contributed by atoms with E-state index in [1.165, 1.54) is 0 Å². The normalized spacial score (nSPS) is 22.9. The molecule has 1 aliphatic rings. The molecule has 0 spiro atoms. The highest BCUT2D eigenvalue weighted by molar-refractivity contribution is 7.99. The summed E-state index contributed by atoms with van der Waals surface area (Å²) in [5, 5.41) is 0.141. The molecule has 80 valence electrons. The molecular weight excluding hydrogens is 202 g/mol. The van der Waals surface area contributed by atoms with E-state index in [1.54, 1.807) is 30.5 Å². The lowest BCUT2D eigenvalue weighted by atomic mass is 10.1. The van der Waals surface area contributed by atoms with Crippen molar-refractivity contribution in [3.05, 3.63) is 0 Å². The van der Waals surface area contributed by atoms with Crippen LogP contribution in [0.5, 0.6) is 0 Å². The molecule has 1 fully saturated rings. The maximum Gasteiger partial charge on any atom is 0.328 e. The Morgan fingerprint density at radius 1 is 1.79 bits per heavy atom. The molecule has 1 saturated heterocycles. The third-order valence-corrected chi connectivity index (χ3v) is 3.20. The van der Waals surface area contributed by atoms with Gasteiger partial charge in [0.1, 0.15) is 6.04 Å². The van der Waals surface area contributed by atoms with E-state index in [9.17, 15) is 9.59 Å². The van der Waals surface area contributed by atoms with Gasteiger partial charge in [0, 0.05) is 0 Å². The summed E-state index contributed by atoms with van der Waals surface area (Å²) in [4.78, 5) is 24.2. The van der Waals surface area contributed by atoms with Gasteiger partial charge in [0.2, 0.25) is 5.91 Å². The maximum atomic E-state index is 11.4. The fourth-order valence-corrected chi connectivity index (χ4v) is 2.28. The number of hydrogen-bond acceptors (Lipinski definition) is 4. The molecule has 0 radical (unpaired) electrons. The SMILES string of the molecule is CCOC(=O)C(C)N1C(=O)CC1SC. The van der Waals surface area contributed by atoms with E-state index < -0.39 is 6.04 Å². The maximum absolute atomic E-state index is 11.4. The van der Waals surface area contributed by atoms with Gasteiger partial charge in [0.15, 0.2) is 0 Å². The van der Waals surface area contributed by atoms with Crippen LogP contribution < -0.4 is 0 Å². The van der Waals surface area contributed by atoms with Crippen LogP contribution >= 0.6 is 11.8 Å². The number of hydrogen-bond donors (Lipinski definition) is 0. The van der Waals surface area contributed by atoms with Crippen LogP contribution in [0.4, 0.5) is 0 Å². The quantitative estimate of drug-likeness (QED) is 0.517. The summed E-state index contributed by atoms with van der Waals surface area (Å²) < 4.78 is 4.86. The first-order chi connectivity index (χ1) is 6.61. The molecule has 1 rings (SSSR count). The first kappa shape index (κ1) is 11.4. The van der Waals surface area contributed by atoms with Gasteiger partial charge < -0.3 is 9.64 Å². The lowest BCUT2D eigenvalue weighted by Crippen LogP contribution is -2.57. The third-order valence-electron chi connectivity index (χ3n) is 2.26. The van der Waals surface area contributed by atoms with E-state index in [1.807, 2.05) is 6.26 Å². The van der Waals surface area contributed by atoms with E-state index in [0.717, 1.165) is 0 Å². The average Bonchev–Trinajstić information content (AvgIpc) is 2.14. The fourth-order valence-electron chi connectivity index (χ4n) is 1.44. The number of β-lactam (4-membered cyclic amide) rings is 1. The highest BCUT2D eigenvalue weighted by Gasteiger charge is 2.41. The molecule has 0 bridgehead atoms. The second-order valence-electron chi connectivity index (χ2n) is 3.12. The number of amides is 1. The molecule has 1 heterocycles. The standard InChI is InChI=1S/C9H15NO3S/c1-4-13-9(12)6(2)10-7(11)5-8(10)14-3/h6,8H,4-5H2,1-3H3. The highest BCUT2D eigenvalue weighted by Crippen LogP contribution is 2.29. The molecule has 1 aliphatic heterocycles. The first-order valence-electron chi connectivity index (χ1n) is 4.62. The van der Waals surface area contributed by atoms with Gasteiger partial charge in [-0.15, -0.1) is 11.8 Å². The minimum atomic E-state index is -0.450. The second-order valence-corrected chi connectivity index (χ2v) is 4.14. The molecule has 0 aliphatic carbocycles. The van der Waals surface area contributed by atoms with Gasteiger partial charge in [0.25, 0.3) is 0 Å². The van der Waals surface area contributed by atoms with Gasteiger partial charge in [-0.25, -0.2) is 4.79 Å². The van der Waals surface area contributed by atoms with Crippen LogP contribution in [0.15, 0.2) is 0 Å². The van der Waals surface area contributed by atoms with Crippen molar-refractivity contribution >= 4 is 23.6 Å². The predicted octanol–water partition coefficient (Wildman–Crippen LogP) is 0.859. The number of ether oxygens (including phenoxy) is 1. The number of likely N-dealkylation sites (tertiary alicyclic amines) is 1. The Bertz CT molecular complexity index is 244. The van der Waals surface area contributed by atoms with Crippen molar-refractivity contribution in [1.82, 2.24) is 4.90 Å². The summed E-state index contributed by atoms with van der Waals surface area (Å²) in [5.41, 5.74) is 0. The van der Waals surface area contributed by atoms with Gasteiger partial charge >= 0.3 is 5.97 Å². The largest absolute Gasteiger partial charge is 0.464 e. The molecule has 0 aromatic rings. The van der Waals surface area contributed by atoms with E-state index in [-0.39, 0.29) is 17.3 Å². The van der Waals surface area contributed by atoms with Crippen molar-refractivity contribution in [3.63, 3.8) is 0 Å². The first-order valence-corrected chi connectivity index (χ1v) is 5.91. The zero-order valence-electron chi connectivity index (χ0n) is 8.65. The van der Waals surface area contributed by atoms with Gasteiger partial charge in [-0.3, -0.25) is 4.79 Å². The molecule has 0 aromatic carbocycles. The average molecular weight is 217 g/mol. The Kier molecular flexibility index (Phi) is 3.80. The molecule has 2 unspecified atom stereocenters. The summed E-state index contributed by atoms with van der Waals surface area (Å²) in [7, 11) is 0. The van der Waals surface area contributed by atoms with Crippen LogP contribution in [0.3, 0.4) is 0 Å². The monoisotopic (exact) mass is 217 g/mol. The molecular formula is C9H15NO3S. The van der Waals surface area contributed by atoms with E-state index in [4.69, 9.17) is 4.74 Å². The van der Waals surface area contributed by atoms with Crippen molar-refractivity contribution in [2.45, 2.75) is 31.7 Å². The number of rotatable bonds is 4. The Morgan fingerprint density at radius 2 is 2.43 bits per heavy atom. The van der Waals surface area contributed by atoms with Crippen LogP contribution in [0.1, 0.15) is 20.3 Å². The van der Waals surface area contributed by atoms with Crippen LogP contribution in [0.25, 0.3) is 0 Å². The highest BCUT2D eigenvalue weighted by atomic mass is 32.2.